The first kappa shape index (κ1) is 32.3. The second kappa shape index (κ2) is 12.8. The standard InChI is InChI=1S/C46H39N5/c1-45(2)39-23-24-40(45)27-46(3,26-39)38-21-19-31(20-22-38)35-8-6-9-36(25-35)44-50-42(33-13-11-30(28-47)12-14-33)49-43(51-44)34-17-15-32(16-18-34)41-10-5-4-7-37(41)29-48/h4-22,25,39-40H,23-24,26-27H2,1-3H3/t39-,40+,46?. The molecule has 0 aliphatic heterocycles. The summed E-state index contributed by atoms with van der Waals surface area (Å²) in [5, 5.41) is 19.0. The van der Waals surface area contributed by atoms with Crippen molar-refractivity contribution in [2.45, 2.75) is 51.9 Å². The number of aromatic nitrogens is 3. The van der Waals surface area contributed by atoms with E-state index in [9.17, 15) is 10.5 Å². The van der Waals surface area contributed by atoms with Crippen molar-refractivity contribution in [2.75, 3.05) is 0 Å². The van der Waals surface area contributed by atoms with Gasteiger partial charge in [-0.1, -0.05) is 106 Å². The Morgan fingerprint density at radius 3 is 1.67 bits per heavy atom. The van der Waals surface area contributed by atoms with Crippen molar-refractivity contribution in [3.8, 4) is 68.6 Å². The maximum absolute atomic E-state index is 9.63. The largest absolute Gasteiger partial charge is 0.208 e. The molecule has 5 aromatic carbocycles. The van der Waals surface area contributed by atoms with Gasteiger partial charge in [0.1, 0.15) is 0 Å². The highest BCUT2D eigenvalue weighted by Crippen LogP contribution is 2.60. The molecule has 1 aromatic heterocycles. The molecular weight excluding hydrogens is 623 g/mol. The molecule has 6 aromatic rings. The van der Waals surface area contributed by atoms with Gasteiger partial charge in [0.2, 0.25) is 0 Å². The average Bonchev–Trinajstić information content (AvgIpc) is 3.31. The van der Waals surface area contributed by atoms with Crippen LogP contribution in [0.2, 0.25) is 0 Å². The lowest BCUT2D eigenvalue weighted by Gasteiger charge is -2.47. The number of fused-ring (bicyclic) bond motifs is 2. The fourth-order valence-corrected chi connectivity index (χ4v) is 8.61. The van der Waals surface area contributed by atoms with Gasteiger partial charge in [0.05, 0.1) is 23.3 Å². The van der Waals surface area contributed by atoms with Gasteiger partial charge in [0, 0.05) is 16.7 Å². The summed E-state index contributed by atoms with van der Waals surface area (Å²) in [6.07, 6.45) is 5.27. The van der Waals surface area contributed by atoms with E-state index < -0.39 is 0 Å². The van der Waals surface area contributed by atoms with Crippen LogP contribution in [0.4, 0.5) is 0 Å². The molecule has 5 heteroatoms. The first-order valence-corrected chi connectivity index (χ1v) is 17.8. The summed E-state index contributed by atoms with van der Waals surface area (Å²) in [6, 6.07) is 45.0. The second-order valence-electron chi connectivity index (χ2n) is 15.1. The molecule has 2 fully saturated rings. The molecule has 0 spiro atoms. The molecule has 1 heterocycles. The lowest BCUT2D eigenvalue weighted by molar-refractivity contribution is 0.0724. The van der Waals surface area contributed by atoms with Gasteiger partial charge >= 0.3 is 0 Å². The fraction of sp³-hybridized carbons (Fsp3) is 0.239. The lowest BCUT2D eigenvalue weighted by atomic mass is 9.57. The molecule has 3 atom stereocenters. The van der Waals surface area contributed by atoms with Crippen LogP contribution in [0.1, 0.15) is 63.1 Å². The van der Waals surface area contributed by atoms with Crippen LogP contribution in [0.3, 0.4) is 0 Å². The molecule has 0 radical (unpaired) electrons. The molecular formula is C46H39N5. The zero-order chi connectivity index (χ0) is 35.2. The Labute approximate surface area is 300 Å². The van der Waals surface area contributed by atoms with Crippen molar-refractivity contribution < 1.29 is 0 Å². The van der Waals surface area contributed by atoms with Crippen LogP contribution in [0.15, 0.2) is 121 Å². The summed E-state index contributed by atoms with van der Waals surface area (Å²) in [4.78, 5) is 14.8. The first-order chi connectivity index (χ1) is 24.7. The van der Waals surface area contributed by atoms with Gasteiger partial charge in [-0.2, -0.15) is 10.5 Å². The van der Waals surface area contributed by atoms with Crippen molar-refractivity contribution in [2.24, 2.45) is 17.3 Å². The first-order valence-electron chi connectivity index (χ1n) is 17.8. The Bertz CT molecular complexity index is 2310. The highest BCUT2D eigenvalue weighted by Gasteiger charge is 2.52. The maximum atomic E-state index is 9.63. The molecule has 2 aliphatic carbocycles. The molecule has 248 valence electrons. The van der Waals surface area contributed by atoms with Crippen LogP contribution in [0, 0.1) is 39.9 Å². The number of hydrogen-bond donors (Lipinski definition) is 0. The van der Waals surface area contributed by atoms with Crippen LogP contribution in [-0.2, 0) is 5.41 Å². The molecule has 0 amide bonds. The molecule has 5 nitrogen and oxygen atoms in total. The van der Waals surface area contributed by atoms with Gasteiger partial charge < -0.3 is 0 Å². The van der Waals surface area contributed by atoms with Gasteiger partial charge in [-0.25, -0.2) is 15.0 Å². The number of benzene rings is 5. The third kappa shape index (κ3) is 6.00. The normalized spacial score (nSPS) is 20.3. The van der Waals surface area contributed by atoms with Crippen LogP contribution in [0.25, 0.3) is 56.4 Å². The molecule has 2 aliphatic rings. The van der Waals surface area contributed by atoms with Gasteiger partial charge in [-0.3, -0.25) is 0 Å². The zero-order valence-electron chi connectivity index (χ0n) is 29.3. The van der Waals surface area contributed by atoms with Gasteiger partial charge in [0.15, 0.2) is 17.5 Å². The van der Waals surface area contributed by atoms with Crippen LogP contribution < -0.4 is 0 Å². The average molecular weight is 662 g/mol. The van der Waals surface area contributed by atoms with E-state index in [1.165, 1.54) is 31.2 Å². The molecule has 1 unspecified atom stereocenters. The Balaban J connectivity index is 1.14. The van der Waals surface area contributed by atoms with Crippen molar-refractivity contribution in [1.29, 1.82) is 10.5 Å². The fourth-order valence-electron chi connectivity index (χ4n) is 8.61. The smallest absolute Gasteiger partial charge is 0.164 e. The number of rotatable bonds is 6. The SMILES string of the molecule is CC1(c2ccc(-c3cccc(-c4nc(-c5ccc(C#N)cc5)nc(-c5ccc(-c6ccccc6C#N)cc5)n4)c3)cc2)C[C@H]2CC[C@@H](C1)C2(C)C. The highest BCUT2D eigenvalue weighted by atomic mass is 15.0. The number of nitrogens with zero attached hydrogens (tertiary/aromatic N) is 5. The maximum Gasteiger partial charge on any atom is 0.164 e. The molecule has 8 rings (SSSR count). The molecule has 2 saturated carbocycles. The monoisotopic (exact) mass is 661 g/mol. The summed E-state index contributed by atoms with van der Waals surface area (Å²) in [5.41, 5.74) is 9.99. The predicted octanol–water partition coefficient (Wildman–Crippen LogP) is 11.1. The van der Waals surface area contributed by atoms with E-state index in [0.717, 1.165) is 50.8 Å². The van der Waals surface area contributed by atoms with Gasteiger partial charge in [0.25, 0.3) is 0 Å². The Hall–Kier alpha value is -5.91. The summed E-state index contributed by atoms with van der Waals surface area (Å²) in [6.45, 7) is 7.45. The van der Waals surface area contributed by atoms with E-state index >= 15 is 0 Å². The minimum atomic E-state index is 0.224. The molecule has 0 saturated heterocycles. The van der Waals surface area contributed by atoms with Crippen LogP contribution >= 0.6 is 0 Å². The molecule has 2 bridgehead atoms. The Kier molecular flexibility index (Phi) is 8.08. The number of hydrogen-bond acceptors (Lipinski definition) is 5. The predicted molar refractivity (Wildman–Crippen MR) is 203 cm³/mol. The van der Waals surface area contributed by atoms with E-state index in [2.05, 4.69) is 75.4 Å². The van der Waals surface area contributed by atoms with Crippen molar-refractivity contribution in [3.63, 3.8) is 0 Å². The molecule has 0 N–H and O–H groups in total. The zero-order valence-corrected chi connectivity index (χ0v) is 29.3. The van der Waals surface area contributed by atoms with Crippen molar-refractivity contribution >= 4 is 0 Å². The van der Waals surface area contributed by atoms with Gasteiger partial charge in [-0.15, -0.1) is 0 Å². The molecule has 51 heavy (non-hydrogen) atoms. The summed E-state index contributed by atoms with van der Waals surface area (Å²) in [5.74, 6) is 3.26. The van der Waals surface area contributed by atoms with E-state index in [4.69, 9.17) is 15.0 Å². The van der Waals surface area contributed by atoms with E-state index in [1.807, 2.05) is 66.7 Å². The van der Waals surface area contributed by atoms with Crippen LogP contribution in [-0.4, -0.2) is 15.0 Å². The van der Waals surface area contributed by atoms with Crippen LogP contribution in [0.5, 0.6) is 0 Å². The summed E-state index contributed by atoms with van der Waals surface area (Å²) >= 11 is 0. The topological polar surface area (TPSA) is 86.2 Å². The lowest BCUT2D eigenvalue weighted by Crippen LogP contribution is -2.40. The number of nitriles is 2. The minimum absolute atomic E-state index is 0.224. The quantitative estimate of drug-likeness (QED) is 0.177. The van der Waals surface area contributed by atoms with E-state index in [0.29, 0.717) is 34.0 Å². The third-order valence-electron chi connectivity index (χ3n) is 11.8. The van der Waals surface area contributed by atoms with Crippen molar-refractivity contribution in [1.82, 2.24) is 15.0 Å². The summed E-state index contributed by atoms with van der Waals surface area (Å²) < 4.78 is 0. The highest BCUT2D eigenvalue weighted by molar-refractivity contribution is 5.75. The second-order valence-corrected chi connectivity index (χ2v) is 15.1. The van der Waals surface area contributed by atoms with Gasteiger partial charge in [-0.05, 0) is 113 Å². The third-order valence-corrected chi connectivity index (χ3v) is 11.8. The Morgan fingerprint density at radius 2 is 1.06 bits per heavy atom. The minimum Gasteiger partial charge on any atom is -0.208 e. The van der Waals surface area contributed by atoms with E-state index in [1.54, 1.807) is 12.1 Å². The van der Waals surface area contributed by atoms with Crippen molar-refractivity contribution in [3.05, 3.63) is 138 Å². The van der Waals surface area contributed by atoms with E-state index in [-0.39, 0.29) is 5.41 Å². The summed E-state index contributed by atoms with van der Waals surface area (Å²) in [7, 11) is 0. The Morgan fingerprint density at radius 1 is 0.529 bits per heavy atom.